The number of sulfonamides is 1. The van der Waals surface area contributed by atoms with E-state index < -0.39 is 15.8 Å². The molecule has 0 radical (unpaired) electrons. The van der Waals surface area contributed by atoms with E-state index in [4.69, 9.17) is 4.74 Å². The second-order valence-corrected chi connectivity index (χ2v) is 7.17. The summed E-state index contributed by atoms with van der Waals surface area (Å²) in [6.45, 7) is 5.28. The molecule has 0 aliphatic carbocycles. The lowest BCUT2D eigenvalue weighted by Gasteiger charge is -2.14. The molecule has 8 heteroatoms. The standard InChI is InChI=1S/C13H15FN2O3S2/c1-8(2)19-11-5-4-10(14)6-12(11)21(17,18)16-13-15-9(3)7-20-13/h4-8H,1-3H3,(H,15,16). The quantitative estimate of drug-likeness (QED) is 0.914. The Balaban J connectivity index is 2.40. The number of nitrogens with zero attached hydrogens (tertiary/aromatic N) is 1. The largest absolute Gasteiger partial charge is 0.490 e. The fraction of sp³-hybridized carbons (Fsp3) is 0.308. The van der Waals surface area contributed by atoms with E-state index >= 15 is 0 Å². The van der Waals surface area contributed by atoms with Crippen LogP contribution in [0.1, 0.15) is 19.5 Å². The van der Waals surface area contributed by atoms with Crippen LogP contribution in [-0.2, 0) is 10.0 Å². The average Bonchev–Trinajstić information content (AvgIpc) is 2.75. The van der Waals surface area contributed by atoms with Gasteiger partial charge in [-0.3, -0.25) is 4.72 Å². The number of hydrogen-bond acceptors (Lipinski definition) is 5. The highest BCUT2D eigenvalue weighted by molar-refractivity contribution is 7.93. The molecule has 0 bridgehead atoms. The molecule has 2 rings (SSSR count). The minimum Gasteiger partial charge on any atom is -0.490 e. The van der Waals surface area contributed by atoms with Gasteiger partial charge in [0.2, 0.25) is 0 Å². The first-order chi connectivity index (χ1) is 9.78. The summed E-state index contributed by atoms with van der Waals surface area (Å²) in [6.07, 6.45) is -0.230. The number of ether oxygens (including phenoxy) is 1. The topological polar surface area (TPSA) is 68.3 Å². The van der Waals surface area contributed by atoms with Crippen molar-refractivity contribution in [3.05, 3.63) is 35.1 Å². The summed E-state index contributed by atoms with van der Waals surface area (Å²) in [5.74, 6) is -0.547. The molecule has 1 aromatic carbocycles. The van der Waals surface area contributed by atoms with Gasteiger partial charge < -0.3 is 4.74 Å². The zero-order valence-corrected chi connectivity index (χ0v) is 13.4. The third-order valence-electron chi connectivity index (χ3n) is 2.40. The lowest BCUT2D eigenvalue weighted by molar-refractivity contribution is 0.235. The monoisotopic (exact) mass is 330 g/mol. The number of aromatic nitrogens is 1. The van der Waals surface area contributed by atoms with Crippen molar-refractivity contribution in [1.82, 2.24) is 4.98 Å². The van der Waals surface area contributed by atoms with Crippen molar-refractivity contribution < 1.29 is 17.5 Å². The Morgan fingerprint density at radius 2 is 2.10 bits per heavy atom. The van der Waals surface area contributed by atoms with Crippen LogP contribution in [0.3, 0.4) is 0 Å². The number of hydrogen-bond donors (Lipinski definition) is 1. The number of aryl methyl sites for hydroxylation is 1. The summed E-state index contributed by atoms with van der Waals surface area (Å²) in [5.41, 5.74) is 0.704. The van der Waals surface area contributed by atoms with E-state index in [9.17, 15) is 12.8 Å². The maximum absolute atomic E-state index is 13.4. The van der Waals surface area contributed by atoms with Gasteiger partial charge in [-0.15, -0.1) is 11.3 Å². The van der Waals surface area contributed by atoms with Crippen LogP contribution in [0.2, 0.25) is 0 Å². The van der Waals surface area contributed by atoms with E-state index in [0.717, 1.165) is 23.5 Å². The number of benzene rings is 1. The zero-order chi connectivity index (χ0) is 15.6. The number of anilines is 1. The average molecular weight is 330 g/mol. The van der Waals surface area contributed by atoms with Gasteiger partial charge >= 0.3 is 0 Å². The minimum absolute atomic E-state index is 0.104. The van der Waals surface area contributed by atoms with Gasteiger partial charge in [0.25, 0.3) is 10.0 Å². The third-order valence-corrected chi connectivity index (χ3v) is 4.76. The summed E-state index contributed by atoms with van der Waals surface area (Å²) in [7, 11) is -3.97. The predicted octanol–water partition coefficient (Wildman–Crippen LogP) is 3.18. The summed E-state index contributed by atoms with van der Waals surface area (Å²) in [6, 6.07) is 3.39. The van der Waals surface area contributed by atoms with E-state index in [1.165, 1.54) is 6.07 Å². The van der Waals surface area contributed by atoms with E-state index in [1.807, 2.05) is 0 Å². The lowest BCUT2D eigenvalue weighted by Crippen LogP contribution is -2.16. The van der Waals surface area contributed by atoms with Gasteiger partial charge in [0.1, 0.15) is 16.5 Å². The molecule has 114 valence electrons. The highest BCUT2D eigenvalue weighted by atomic mass is 32.2. The molecular formula is C13H15FN2O3S2. The second-order valence-electron chi connectivity index (χ2n) is 4.66. The van der Waals surface area contributed by atoms with Crippen LogP contribution in [0.4, 0.5) is 9.52 Å². The lowest BCUT2D eigenvalue weighted by atomic mass is 10.3. The third kappa shape index (κ3) is 3.92. The van der Waals surface area contributed by atoms with Gasteiger partial charge in [-0.1, -0.05) is 0 Å². The first kappa shape index (κ1) is 15.7. The molecule has 0 aliphatic rings. The summed E-state index contributed by atoms with van der Waals surface area (Å²) >= 11 is 1.16. The Morgan fingerprint density at radius 3 is 2.67 bits per heavy atom. The van der Waals surface area contributed by atoms with Crippen molar-refractivity contribution in [3.63, 3.8) is 0 Å². The maximum Gasteiger partial charge on any atom is 0.267 e. The Kier molecular flexibility index (Phi) is 4.48. The molecule has 1 heterocycles. The summed E-state index contributed by atoms with van der Waals surface area (Å²) in [4.78, 5) is 3.78. The first-order valence-electron chi connectivity index (χ1n) is 6.19. The summed E-state index contributed by atoms with van der Waals surface area (Å²) < 4.78 is 45.9. The Bertz CT molecular complexity index is 742. The van der Waals surface area contributed by atoms with E-state index in [-0.39, 0.29) is 21.9 Å². The van der Waals surface area contributed by atoms with Crippen LogP contribution in [0.5, 0.6) is 5.75 Å². The van der Waals surface area contributed by atoms with Gasteiger partial charge in [0.15, 0.2) is 5.13 Å². The van der Waals surface area contributed by atoms with E-state index in [0.29, 0.717) is 5.69 Å². The second kappa shape index (κ2) is 5.98. The van der Waals surface area contributed by atoms with Crippen LogP contribution in [0.25, 0.3) is 0 Å². The van der Waals surface area contributed by atoms with Crippen molar-refractivity contribution in [1.29, 1.82) is 0 Å². The summed E-state index contributed by atoms with van der Waals surface area (Å²) in [5, 5.41) is 1.95. The van der Waals surface area contributed by atoms with Crippen LogP contribution >= 0.6 is 11.3 Å². The maximum atomic E-state index is 13.4. The molecule has 0 aliphatic heterocycles. The molecule has 0 unspecified atom stereocenters. The van der Waals surface area contributed by atoms with Crippen LogP contribution in [-0.4, -0.2) is 19.5 Å². The number of rotatable bonds is 5. The molecule has 1 N–H and O–H groups in total. The smallest absolute Gasteiger partial charge is 0.267 e. The SMILES string of the molecule is Cc1csc(NS(=O)(=O)c2cc(F)ccc2OC(C)C)n1. The molecule has 0 spiro atoms. The zero-order valence-electron chi connectivity index (χ0n) is 11.8. The molecule has 0 fully saturated rings. The Hall–Kier alpha value is -1.67. The van der Waals surface area contributed by atoms with Crippen LogP contribution < -0.4 is 9.46 Å². The van der Waals surface area contributed by atoms with Crippen molar-refractivity contribution >= 4 is 26.5 Å². The minimum atomic E-state index is -3.97. The Morgan fingerprint density at radius 1 is 1.38 bits per heavy atom. The first-order valence-corrected chi connectivity index (χ1v) is 8.55. The highest BCUT2D eigenvalue weighted by Crippen LogP contribution is 2.28. The normalized spacial score (nSPS) is 11.7. The van der Waals surface area contributed by atoms with Crippen LogP contribution in [0, 0.1) is 12.7 Å². The number of nitrogens with one attached hydrogen (secondary N) is 1. The van der Waals surface area contributed by atoms with Crippen molar-refractivity contribution in [2.45, 2.75) is 31.8 Å². The number of thiazole rings is 1. The van der Waals surface area contributed by atoms with E-state index in [1.54, 1.807) is 26.2 Å². The van der Waals surface area contributed by atoms with Crippen molar-refractivity contribution in [2.75, 3.05) is 4.72 Å². The molecule has 0 atom stereocenters. The molecule has 0 saturated carbocycles. The fourth-order valence-electron chi connectivity index (χ4n) is 1.61. The van der Waals surface area contributed by atoms with Crippen LogP contribution in [0.15, 0.2) is 28.5 Å². The Labute approximate surface area is 126 Å². The fourth-order valence-corrected chi connectivity index (χ4v) is 3.70. The molecular weight excluding hydrogens is 315 g/mol. The molecule has 1 aromatic heterocycles. The van der Waals surface area contributed by atoms with Crippen molar-refractivity contribution in [3.8, 4) is 5.75 Å². The number of halogens is 1. The van der Waals surface area contributed by atoms with E-state index in [2.05, 4.69) is 9.71 Å². The van der Waals surface area contributed by atoms with Gasteiger partial charge in [-0.05, 0) is 39.0 Å². The molecule has 0 saturated heterocycles. The predicted molar refractivity (Wildman–Crippen MR) is 79.8 cm³/mol. The highest BCUT2D eigenvalue weighted by Gasteiger charge is 2.22. The molecule has 21 heavy (non-hydrogen) atoms. The van der Waals surface area contributed by atoms with Gasteiger partial charge in [-0.2, -0.15) is 0 Å². The van der Waals surface area contributed by atoms with Gasteiger partial charge in [0, 0.05) is 5.38 Å². The van der Waals surface area contributed by atoms with Crippen molar-refractivity contribution in [2.24, 2.45) is 0 Å². The van der Waals surface area contributed by atoms with Gasteiger partial charge in [-0.25, -0.2) is 17.8 Å². The molecule has 5 nitrogen and oxygen atoms in total. The molecule has 0 amide bonds. The van der Waals surface area contributed by atoms with Gasteiger partial charge in [0.05, 0.1) is 11.8 Å². The molecule has 2 aromatic rings.